The fourth-order valence-corrected chi connectivity index (χ4v) is 7.52. The Morgan fingerprint density at radius 3 is 1.90 bits per heavy atom. The summed E-state index contributed by atoms with van der Waals surface area (Å²) in [4.78, 5) is 15.1. The zero-order valence-corrected chi connectivity index (χ0v) is 28.1. The van der Waals surface area contributed by atoms with E-state index in [2.05, 4.69) is 105 Å². The van der Waals surface area contributed by atoms with E-state index in [1.165, 1.54) is 11.1 Å². The first kappa shape index (κ1) is 29.3. The first-order chi connectivity index (χ1) is 25.0. The molecule has 0 amide bonds. The molecular weight excluding hydrogens is 627 g/mol. The molecule has 0 radical (unpaired) electrons. The van der Waals surface area contributed by atoms with Gasteiger partial charge in [-0.1, -0.05) is 133 Å². The predicted octanol–water partition coefficient (Wildman–Crippen LogP) is 11.9. The molecule has 7 aromatic carbocycles. The van der Waals surface area contributed by atoms with E-state index in [4.69, 9.17) is 24.1 Å². The van der Waals surface area contributed by atoms with Crippen LogP contribution in [0.2, 0.25) is 0 Å². The van der Waals surface area contributed by atoms with Gasteiger partial charge in [0.2, 0.25) is 0 Å². The lowest BCUT2D eigenvalue weighted by Crippen LogP contribution is -2.29. The number of hydrogen-bond donors (Lipinski definition) is 0. The van der Waals surface area contributed by atoms with E-state index in [1.807, 2.05) is 60.7 Å². The van der Waals surface area contributed by atoms with Crippen molar-refractivity contribution in [1.29, 1.82) is 0 Å². The maximum Gasteiger partial charge on any atom is 0.167 e. The van der Waals surface area contributed by atoms with E-state index in [0.717, 1.165) is 71.8 Å². The van der Waals surface area contributed by atoms with Crippen molar-refractivity contribution in [1.82, 2.24) is 15.0 Å². The van der Waals surface area contributed by atoms with Gasteiger partial charge in [0.15, 0.2) is 17.5 Å². The Kier molecular flexibility index (Phi) is 6.46. The summed E-state index contributed by atoms with van der Waals surface area (Å²) < 4.78 is 13.2. The number of hydrogen-bond acceptors (Lipinski definition) is 5. The molecule has 10 rings (SSSR count). The van der Waals surface area contributed by atoms with Crippen LogP contribution in [0, 0.1) is 0 Å². The number of rotatable bonds is 4. The van der Waals surface area contributed by atoms with Crippen molar-refractivity contribution in [2.45, 2.75) is 19.4 Å². The fourth-order valence-electron chi connectivity index (χ4n) is 7.52. The highest BCUT2D eigenvalue weighted by Gasteiger charge is 2.35. The summed E-state index contributed by atoms with van der Waals surface area (Å²) in [5.74, 6) is 2.68. The highest BCUT2D eigenvalue weighted by atomic mass is 16.5. The molecule has 3 heterocycles. The van der Waals surface area contributed by atoms with Crippen LogP contribution >= 0.6 is 0 Å². The lowest BCUT2D eigenvalue weighted by molar-refractivity contribution is 0.108. The molecule has 0 saturated carbocycles. The zero-order valence-electron chi connectivity index (χ0n) is 28.1. The van der Waals surface area contributed by atoms with Crippen molar-refractivity contribution in [2.75, 3.05) is 0 Å². The van der Waals surface area contributed by atoms with Gasteiger partial charge in [0.25, 0.3) is 0 Å². The molecule has 51 heavy (non-hydrogen) atoms. The van der Waals surface area contributed by atoms with E-state index in [0.29, 0.717) is 17.5 Å². The average Bonchev–Trinajstić information content (AvgIpc) is 3.57. The molecule has 2 aromatic heterocycles. The largest absolute Gasteiger partial charge is 0.482 e. The summed E-state index contributed by atoms with van der Waals surface area (Å²) >= 11 is 0. The van der Waals surface area contributed by atoms with Gasteiger partial charge in [0.1, 0.15) is 22.5 Å². The Hall–Kier alpha value is -6.59. The second-order valence-electron chi connectivity index (χ2n) is 13.5. The van der Waals surface area contributed by atoms with Gasteiger partial charge in [-0.05, 0) is 54.1 Å². The Bertz CT molecular complexity index is 2800. The summed E-state index contributed by atoms with van der Waals surface area (Å²) in [7, 11) is 0. The third-order valence-electron chi connectivity index (χ3n) is 9.97. The number of benzene rings is 7. The van der Waals surface area contributed by atoms with Crippen LogP contribution in [0.1, 0.15) is 19.4 Å². The first-order valence-corrected chi connectivity index (χ1v) is 17.2. The monoisotopic (exact) mass is 657 g/mol. The second-order valence-corrected chi connectivity index (χ2v) is 13.5. The van der Waals surface area contributed by atoms with Crippen LogP contribution in [0.15, 0.2) is 156 Å². The summed E-state index contributed by atoms with van der Waals surface area (Å²) in [6, 6.07) is 52.1. The van der Waals surface area contributed by atoms with Crippen LogP contribution in [0.5, 0.6) is 5.75 Å². The molecular formula is C46H31N3O2. The van der Waals surface area contributed by atoms with Gasteiger partial charge < -0.3 is 9.15 Å². The third-order valence-corrected chi connectivity index (χ3v) is 9.97. The van der Waals surface area contributed by atoms with Crippen molar-refractivity contribution in [2.24, 2.45) is 0 Å². The maximum absolute atomic E-state index is 6.84. The van der Waals surface area contributed by atoms with E-state index in [-0.39, 0.29) is 0 Å². The molecule has 242 valence electrons. The molecule has 1 aliphatic rings. The smallest absolute Gasteiger partial charge is 0.167 e. The Labute approximate surface area is 294 Å². The molecule has 0 fully saturated rings. The number of aromatic nitrogens is 3. The van der Waals surface area contributed by atoms with Gasteiger partial charge in [0, 0.05) is 38.4 Å². The standard InChI is InChI=1S/C46H31N3O2/c1-46(2)38-21-10-8-18-35(38)40-37(27-31-15-6-7-16-32(31)42(40)51-46)28-23-25-30(26-24-28)44-47-43(29-13-4-3-5-14-29)48-45(49-44)36-20-12-19-34-33-17-9-11-22-39(33)50-41(34)36/h3-27H,1-2H3. The maximum atomic E-state index is 6.84. The van der Waals surface area contributed by atoms with Gasteiger partial charge in [-0.3, -0.25) is 0 Å². The fraction of sp³-hybridized carbons (Fsp3) is 0.0652. The Morgan fingerprint density at radius 1 is 0.471 bits per heavy atom. The number of furan rings is 1. The van der Waals surface area contributed by atoms with Crippen LogP contribution in [-0.2, 0) is 5.60 Å². The summed E-state index contributed by atoms with van der Waals surface area (Å²) in [5, 5.41) is 4.35. The van der Waals surface area contributed by atoms with Gasteiger partial charge in [-0.15, -0.1) is 0 Å². The van der Waals surface area contributed by atoms with Crippen LogP contribution in [0.4, 0.5) is 0 Å². The molecule has 0 aliphatic carbocycles. The summed E-state index contributed by atoms with van der Waals surface area (Å²) in [6.07, 6.45) is 0. The van der Waals surface area contributed by atoms with Gasteiger partial charge >= 0.3 is 0 Å². The van der Waals surface area contributed by atoms with E-state index >= 15 is 0 Å². The molecule has 0 unspecified atom stereocenters. The van der Waals surface area contributed by atoms with Crippen LogP contribution < -0.4 is 4.74 Å². The molecule has 9 aromatic rings. The van der Waals surface area contributed by atoms with E-state index in [1.54, 1.807) is 0 Å². The molecule has 0 saturated heterocycles. The van der Waals surface area contributed by atoms with Crippen molar-refractivity contribution in [3.8, 4) is 62.2 Å². The lowest BCUT2D eigenvalue weighted by atomic mass is 9.81. The minimum absolute atomic E-state index is 0.464. The summed E-state index contributed by atoms with van der Waals surface area (Å²) in [5.41, 5.74) is 9.46. The van der Waals surface area contributed by atoms with Crippen molar-refractivity contribution < 1.29 is 9.15 Å². The van der Waals surface area contributed by atoms with Crippen molar-refractivity contribution in [3.05, 3.63) is 157 Å². The lowest BCUT2D eigenvalue weighted by Gasteiger charge is -2.36. The molecule has 0 bridgehead atoms. The molecule has 0 N–H and O–H groups in total. The van der Waals surface area contributed by atoms with Crippen LogP contribution in [-0.4, -0.2) is 15.0 Å². The quantitative estimate of drug-likeness (QED) is 0.188. The van der Waals surface area contributed by atoms with E-state index < -0.39 is 5.60 Å². The molecule has 5 nitrogen and oxygen atoms in total. The molecule has 0 atom stereocenters. The Balaban J connectivity index is 1.14. The number of para-hydroxylation sites is 2. The summed E-state index contributed by atoms with van der Waals surface area (Å²) in [6.45, 7) is 4.29. The topological polar surface area (TPSA) is 61.0 Å². The number of nitrogens with zero attached hydrogens (tertiary/aromatic N) is 3. The van der Waals surface area contributed by atoms with Gasteiger partial charge in [-0.25, -0.2) is 15.0 Å². The second kappa shape index (κ2) is 11.2. The number of fused-ring (bicyclic) bond motifs is 8. The number of ether oxygens (including phenoxy) is 1. The molecule has 1 aliphatic heterocycles. The predicted molar refractivity (Wildman–Crippen MR) is 205 cm³/mol. The highest BCUT2D eigenvalue weighted by molar-refractivity contribution is 6.09. The third kappa shape index (κ3) is 4.73. The molecule has 5 heteroatoms. The zero-order chi connectivity index (χ0) is 34.1. The van der Waals surface area contributed by atoms with Gasteiger partial charge in [0.05, 0.1) is 5.56 Å². The van der Waals surface area contributed by atoms with Gasteiger partial charge in [-0.2, -0.15) is 0 Å². The highest BCUT2D eigenvalue weighted by Crippen LogP contribution is 2.52. The SMILES string of the molecule is CC1(C)Oc2c(c(-c3ccc(-c4nc(-c5ccccc5)nc(-c5cccc6c5oc5ccccc56)n4)cc3)cc3ccccc23)-c2ccccc21. The first-order valence-electron chi connectivity index (χ1n) is 17.2. The minimum atomic E-state index is -0.464. The Morgan fingerprint density at radius 2 is 1.08 bits per heavy atom. The van der Waals surface area contributed by atoms with Crippen LogP contribution in [0.25, 0.3) is 89.1 Å². The minimum Gasteiger partial charge on any atom is -0.482 e. The average molecular weight is 658 g/mol. The van der Waals surface area contributed by atoms with Crippen molar-refractivity contribution >= 4 is 32.7 Å². The molecule has 0 spiro atoms. The van der Waals surface area contributed by atoms with Crippen molar-refractivity contribution in [3.63, 3.8) is 0 Å². The van der Waals surface area contributed by atoms with Crippen LogP contribution in [0.3, 0.4) is 0 Å². The normalized spacial score (nSPS) is 13.2. The van der Waals surface area contributed by atoms with E-state index in [9.17, 15) is 0 Å².